The zero-order valence-corrected chi connectivity index (χ0v) is 15.6. The molecule has 3 aromatic carbocycles. The summed E-state index contributed by atoms with van der Waals surface area (Å²) in [6.45, 7) is -0.0861. The molecule has 1 amide bonds. The number of amides is 1. The van der Waals surface area contributed by atoms with Gasteiger partial charge in [-0.25, -0.2) is 0 Å². The smallest absolute Gasteiger partial charge is 0.455 e. The number of rotatable bonds is 3. The van der Waals surface area contributed by atoms with Crippen LogP contribution in [0, 0.1) is 10.1 Å². The number of carbonyl (C=O) groups excluding carboxylic acids is 1. The van der Waals surface area contributed by atoms with E-state index in [0.717, 1.165) is 12.1 Å². The highest BCUT2D eigenvalue weighted by Gasteiger charge is 2.32. The number of nitrogens with zero attached hydrogens (tertiary/aromatic N) is 2. The molecular weight excluding hydrogens is 417 g/mol. The van der Waals surface area contributed by atoms with E-state index in [-0.39, 0.29) is 17.8 Å². The second kappa shape index (κ2) is 7.63. The number of nitro benzene ring substituents is 1. The van der Waals surface area contributed by atoms with Crippen LogP contribution in [0.2, 0.25) is 0 Å². The van der Waals surface area contributed by atoms with E-state index in [9.17, 15) is 28.1 Å². The van der Waals surface area contributed by atoms with Gasteiger partial charge in [0.15, 0.2) is 5.75 Å². The van der Waals surface area contributed by atoms with Gasteiger partial charge in [-0.2, -0.15) is 0 Å². The van der Waals surface area contributed by atoms with Crippen LogP contribution in [-0.2, 0) is 6.54 Å². The molecule has 0 bridgehead atoms. The van der Waals surface area contributed by atoms with E-state index in [1.54, 1.807) is 24.3 Å². The lowest BCUT2D eigenvalue weighted by atomic mass is 10.1. The summed E-state index contributed by atoms with van der Waals surface area (Å²) in [4.78, 5) is 25.1. The molecule has 0 fully saturated rings. The highest BCUT2D eigenvalue weighted by molar-refractivity contribution is 6.07. The Morgan fingerprint density at radius 3 is 2.55 bits per heavy atom. The summed E-state index contributed by atoms with van der Waals surface area (Å²) in [6.07, 6.45) is -4.90. The van der Waals surface area contributed by atoms with Gasteiger partial charge in [0.25, 0.3) is 11.6 Å². The third kappa shape index (κ3) is 4.27. The number of non-ortho nitro benzene ring substituents is 1. The number of fused-ring (bicyclic) bond motifs is 2. The quantitative estimate of drug-likeness (QED) is 0.408. The predicted molar refractivity (Wildman–Crippen MR) is 103 cm³/mol. The van der Waals surface area contributed by atoms with Gasteiger partial charge in [-0.05, 0) is 36.4 Å². The van der Waals surface area contributed by atoms with Crippen LogP contribution in [-0.4, -0.2) is 17.2 Å². The fourth-order valence-corrected chi connectivity index (χ4v) is 3.21. The first-order chi connectivity index (χ1) is 14.7. The largest absolute Gasteiger partial charge is 0.573 e. The topological polar surface area (TPSA) is 81.9 Å². The second-order valence-corrected chi connectivity index (χ2v) is 6.59. The van der Waals surface area contributed by atoms with Gasteiger partial charge in [-0.15, -0.1) is 13.2 Å². The van der Waals surface area contributed by atoms with Gasteiger partial charge in [-0.1, -0.05) is 18.2 Å². The standard InChI is InChI=1S/C21H13F3N2O5/c22-21(23,24)31-16-5-3-4-13(11-16)20(27)25-12-14-10-15(26(28)29)8-9-18(14)30-19-7-2-1-6-17(19)25/h1-11H,12H2. The first-order valence-electron chi connectivity index (χ1n) is 8.93. The molecule has 158 valence electrons. The predicted octanol–water partition coefficient (Wildman–Crippen LogP) is 5.45. The Bertz CT molecular complexity index is 1180. The molecule has 1 heterocycles. The molecule has 0 N–H and O–H groups in total. The molecule has 0 aromatic heterocycles. The molecule has 0 aliphatic carbocycles. The van der Waals surface area contributed by atoms with Crippen molar-refractivity contribution in [2.75, 3.05) is 4.90 Å². The SMILES string of the molecule is O=C(c1cccc(OC(F)(F)F)c1)N1Cc2cc([N+](=O)[O-])ccc2Oc2ccccc21. The van der Waals surface area contributed by atoms with Crippen LogP contribution in [0.5, 0.6) is 17.2 Å². The summed E-state index contributed by atoms with van der Waals surface area (Å²) in [5.41, 5.74) is 0.515. The third-order valence-corrected chi connectivity index (χ3v) is 4.52. The number of ether oxygens (including phenoxy) is 2. The van der Waals surface area contributed by atoms with E-state index < -0.39 is 22.9 Å². The molecule has 7 nitrogen and oxygen atoms in total. The Labute approximate surface area is 173 Å². The van der Waals surface area contributed by atoms with Crippen molar-refractivity contribution in [2.45, 2.75) is 12.9 Å². The fraction of sp³-hybridized carbons (Fsp3) is 0.0952. The van der Waals surface area contributed by atoms with Crippen LogP contribution >= 0.6 is 0 Å². The monoisotopic (exact) mass is 430 g/mol. The maximum atomic E-state index is 13.3. The molecule has 1 aliphatic heterocycles. The number of nitro groups is 1. The van der Waals surface area contributed by atoms with Gasteiger partial charge < -0.3 is 14.4 Å². The second-order valence-electron chi connectivity index (χ2n) is 6.59. The zero-order chi connectivity index (χ0) is 22.2. The molecule has 0 radical (unpaired) electrons. The lowest BCUT2D eigenvalue weighted by Crippen LogP contribution is -2.30. The molecule has 1 aliphatic rings. The summed E-state index contributed by atoms with van der Waals surface area (Å²) in [5.74, 6) is -0.495. The summed E-state index contributed by atoms with van der Waals surface area (Å²) >= 11 is 0. The molecule has 31 heavy (non-hydrogen) atoms. The van der Waals surface area contributed by atoms with Crippen molar-refractivity contribution in [1.29, 1.82) is 0 Å². The number of benzene rings is 3. The van der Waals surface area contributed by atoms with Crippen molar-refractivity contribution in [3.05, 3.63) is 88.0 Å². The van der Waals surface area contributed by atoms with Crippen LogP contribution in [0.25, 0.3) is 0 Å². The van der Waals surface area contributed by atoms with Crippen molar-refractivity contribution in [1.82, 2.24) is 0 Å². The lowest BCUT2D eigenvalue weighted by molar-refractivity contribution is -0.384. The van der Waals surface area contributed by atoms with Crippen molar-refractivity contribution < 1.29 is 32.4 Å². The number of halogens is 3. The first kappa shape index (κ1) is 20.2. The first-order valence-corrected chi connectivity index (χ1v) is 8.93. The Morgan fingerprint density at radius 1 is 1.03 bits per heavy atom. The van der Waals surface area contributed by atoms with E-state index >= 15 is 0 Å². The molecule has 0 saturated heterocycles. The summed E-state index contributed by atoms with van der Waals surface area (Å²) in [7, 11) is 0. The summed E-state index contributed by atoms with van der Waals surface area (Å²) < 4.78 is 47.4. The Morgan fingerprint density at radius 2 is 1.81 bits per heavy atom. The minimum absolute atomic E-state index is 0.0505. The minimum Gasteiger partial charge on any atom is -0.455 e. The maximum Gasteiger partial charge on any atom is 0.573 e. The van der Waals surface area contributed by atoms with E-state index in [0.29, 0.717) is 22.7 Å². The van der Waals surface area contributed by atoms with Crippen LogP contribution in [0.15, 0.2) is 66.7 Å². The fourth-order valence-electron chi connectivity index (χ4n) is 3.21. The zero-order valence-electron chi connectivity index (χ0n) is 15.6. The van der Waals surface area contributed by atoms with Gasteiger partial charge in [0, 0.05) is 23.3 Å². The van der Waals surface area contributed by atoms with Gasteiger partial charge in [0.2, 0.25) is 0 Å². The number of anilines is 1. The number of carbonyl (C=O) groups is 1. The molecular formula is C21H13F3N2O5. The van der Waals surface area contributed by atoms with Crippen LogP contribution in [0.3, 0.4) is 0 Å². The third-order valence-electron chi connectivity index (χ3n) is 4.52. The van der Waals surface area contributed by atoms with E-state index in [1.165, 1.54) is 35.2 Å². The Hall–Kier alpha value is -4.08. The Kier molecular flexibility index (Phi) is 4.97. The van der Waals surface area contributed by atoms with Crippen molar-refractivity contribution >= 4 is 17.3 Å². The van der Waals surface area contributed by atoms with Gasteiger partial charge >= 0.3 is 6.36 Å². The molecule has 0 unspecified atom stereocenters. The molecule has 0 spiro atoms. The average molecular weight is 430 g/mol. The maximum absolute atomic E-state index is 13.3. The molecule has 3 aromatic rings. The number of hydrogen-bond acceptors (Lipinski definition) is 5. The number of hydrogen-bond donors (Lipinski definition) is 0. The summed E-state index contributed by atoms with van der Waals surface area (Å²) in [6, 6.07) is 15.3. The summed E-state index contributed by atoms with van der Waals surface area (Å²) in [5, 5.41) is 11.2. The molecule has 4 rings (SSSR count). The van der Waals surface area contributed by atoms with Crippen LogP contribution in [0.1, 0.15) is 15.9 Å². The van der Waals surface area contributed by atoms with Crippen molar-refractivity contribution in [3.63, 3.8) is 0 Å². The van der Waals surface area contributed by atoms with Crippen molar-refractivity contribution in [3.8, 4) is 17.2 Å². The van der Waals surface area contributed by atoms with Gasteiger partial charge in [0.1, 0.15) is 11.5 Å². The average Bonchev–Trinajstić information content (AvgIpc) is 2.88. The molecule has 0 atom stereocenters. The van der Waals surface area contributed by atoms with E-state index in [4.69, 9.17) is 4.74 Å². The Balaban J connectivity index is 1.76. The number of para-hydroxylation sites is 2. The molecule has 0 saturated carbocycles. The molecule has 10 heteroatoms. The highest BCUT2D eigenvalue weighted by Crippen LogP contribution is 2.40. The minimum atomic E-state index is -4.90. The number of alkyl halides is 3. The van der Waals surface area contributed by atoms with E-state index in [2.05, 4.69) is 4.74 Å². The normalized spacial score (nSPS) is 12.8. The highest BCUT2D eigenvalue weighted by atomic mass is 19.4. The van der Waals surface area contributed by atoms with Gasteiger partial charge in [-0.3, -0.25) is 14.9 Å². The van der Waals surface area contributed by atoms with Crippen LogP contribution < -0.4 is 14.4 Å². The van der Waals surface area contributed by atoms with Crippen molar-refractivity contribution in [2.24, 2.45) is 0 Å². The van der Waals surface area contributed by atoms with Crippen LogP contribution in [0.4, 0.5) is 24.5 Å². The van der Waals surface area contributed by atoms with Gasteiger partial charge in [0.05, 0.1) is 17.2 Å². The van der Waals surface area contributed by atoms with E-state index in [1.807, 2.05) is 0 Å². The lowest BCUT2D eigenvalue weighted by Gasteiger charge is -2.22.